The number of hydrogen-bond acceptors (Lipinski definition) is 7. The Balaban J connectivity index is 1.59. The number of rotatable bonds is 2. The third-order valence-corrected chi connectivity index (χ3v) is 7.32. The van der Waals surface area contributed by atoms with Crippen LogP contribution in [0.4, 0.5) is 0 Å². The van der Waals surface area contributed by atoms with Gasteiger partial charge in [-0.05, 0) is 66.5 Å². The van der Waals surface area contributed by atoms with Gasteiger partial charge in [-0.1, -0.05) is 6.07 Å². The molecule has 2 fully saturated rings. The smallest absolute Gasteiger partial charge is 0.235 e. The minimum Gasteiger partial charge on any atom is -0.507 e. The number of ketones is 4. The minimum absolute atomic E-state index is 0.0868. The van der Waals surface area contributed by atoms with E-state index in [1.807, 2.05) is 19.1 Å². The predicted octanol–water partition coefficient (Wildman–Crippen LogP) is 1.58. The summed E-state index contributed by atoms with van der Waals surface area (Å²) in [5.74, 6) is -8.58. The van der Waals surface area contributed by atoms with Crippen LogP contribution >= 0.6 is 0 Å². The van der Waals surface area contributed by atoms with Crippen LogP contribution in [0.3, 0.4) is 0 Å². The van der Waals surface area contributed by atoms with E-state index in [1.54, 1.807) is 12.3 Å². The average Bonchev–Trinajstić information content (AvgIpc) is 2.73. The Bertz CT molecular complexity index is 1270. The summed E-state index contributed by atoms with van der Waals surface area (Å²) in [6.07, 6.45) is 2.27. The van der Waals surface area contributed by atoms with Gasteiger partial charge in [-0.2, -0.15) is 0 Å². The largest absolute Gasteiger partial charge is 0.507 e. The van der Waals surface area contributed by atoms with Crippen LogP contribution in [0, 0.1) is 36.5 Å². The third kappa shape index (κ3) is 3.12. The Labute approximate surface area is 189 Å². The SMILES string of the molecule is Cc1cc(-c2ccc(O)c3c2CC2CC4CC(=O)C(C(N)=O)C(=O)C4C(=O)C2C3=O)ccn1. The fourth-order valence-corrected chi connectivity index (χ4v) is 5.97. The molecule has 0 radical (unpaired) electrons. The molecule has 3 N–H and O–H groups in total. The van der Waals surface area contributed by atoms with Gasteiger partial charge in [-0.3, -0.25) is 29.0 Å². The number of aromatic nitrogens is 1. The maximum absolute atomic E-state index is 13.5. The van der Waals surface area contributed by atoms with Crippen LogP contribution in [0.1, 0.15) is 34.5 Å². The zero-order valence-corrected chi connectivity index (χ0v) is 17.9. The van der Waals surface area contributed by atoms with Crippen LogP contribution in [0.2, 0.25) is 0 Å². The van der Waals surface area contributed by atoms with E-state index in [-0.39, 0.29) is 17.7 Å². The first kappa shape index (κ1) is 21.2. The first-order valence-corrected chi connectivity index (χ1v) is 10.9. The van der Waals surface area contributed by atoms with Gasteiger partial charge in [0, 0.05) is 18.3 Å². The van der Waals surface area contributed by atoms with Crippen molar-refractivity contribution in [2.24, 2.45) is 35.3 Å². The molecule has 0 aliphatic heterocycles. The Morgan fingerprint density at radius 2 is 1.76 bits per heavy atom. The van der Waals surface area contributed by atoms with Gasteiger partial charge in [0.25, 0.3) is 0 Å². The maximum Gasteiger partial charge on any atom is 0.235 e. The van der Waals surface area contributed by atoms with Crippen molar-refractivity contribution in [3.8, 4) is 16.9 Å². The second-order valence-corrected chi connectivity index (χ2v) is 9.26. The molecule has 5 rings (SSSR count). The normalized spacial score (nSPS) is 28.7. The first-order chi connectivity index (χ1) is 15.7. The summed E-state index contributed by atoms with van der Waals surface area (Å²) in [6.45, 7) is 1.86. The highest BCUT2D eigenvalue weighted by Crippen LogP contribution is 2.49. The highest BCUT2D eigenvalue weighted by atomic mass is 16.3. The number of phenolic OH excluding ortho intramolecular Hbond substituents is 1. The number of aryl methyl sites for hydroxylation is 1. The summed E-state index contributed by atoms with van der Waals surface area (Å²) in [6, 6.07) is 6.88. The second-order valence-electron chi connectivity index (χ2n) is 9.26. The van der Waals surface area contributed by atoms with Crippen LogP contribution in [0.25, 0.3) is 11.1 Å². The number of nitrogens with two attached hydrogens (primary N) is 1. The standard InChI is InChI=1S/C25H22N2O6/c1-10-6-11(4-5-27-10)14-2-3-16(28)20-15(14)8-12-7-13-9-17(29)21(25(26)33)24(32)19(13)22(30)18(12)23(20)31/h2-6,12-13,18-19,21,28H,7-9H2,1H3,(H2,26,33). The molecule has 1 aromatic carbocycles. The van der Waals surface area contributed by atoms with Gasteiger partial charge >= 0.3 is 0 Å². The summed E-state index contributed by atoms with van der Waals surface area (Å²) >= 11 is 0. The minimum atomic E-state index is -1.63. The van der Waals surface area contributed by atoms with Gasteiger partial charge < -0.3 is 10.8 Å². The molecule has 0 saturated heterocycles. The molecule has 8 nitrogen and oxygen atoms in total. The molecular weight excluding hydrogens is 424 g/mol. The molecule has 2 aromatic rings. The number of hydrogen-bond donors (Lipinski definition) is 2. The van der Waals surface area contributed by atoms with Gasteiger partial charge in [0.1, 0.15) is 5.75 Å². The lowest BCUT2D eigenvalue weighted by Crippen LogP contribution is -2.56. The molecule has 0 spiro atoms. The van der Waals surface area contributed by atoms with Crippen molar-refractivity contribution in [1.82, 2.24) is 4.98 Å². The fraction of sp³-hybridized carbons (Fsp3) is 0.360. The first-order valence-electron chi connectivity index (χ1n) is 10.9. The highest BCUT2D eigenvalue weighted by Gasteiger charge is 2.57. The number of aromatic hydroxyl groups is 1. The van der Waals surface area contributed by atoms with Crippen LogP contribution < -0.4 is 5.73 Å². The number of Topliss-reactive ketones (excluding diaryl/α,β-unsaturated/α-hetero) is 4. The molecule has 1 amide bonds. The number of carbonyl (C=O) groups is 5. The van der Waals surface area contributed by atoms with E-state index in [9.17, 15) is 29.1 Å². The van der Waals surface area contributed by atoms with Crippen LogP contribution in [0.15, 0.2) is 30.5 Å². The molecule has 1 heterocycles. The van der Waals surface area contributed by atoms with Crippen molar-refractivity contribution >= 4 is 29.0 Å². The number of amides is 1. The third-order valence-electron chi connectivity index (χ3n) is 7.32. The quantitative estimate of drug-likeness (QED) is 0.666. The number of benzene rings is 1. The zero-order valence-electron chi connectivity index (χ0n) is 17.9. The van der Waals surface area contributed by atoms with E-state index < -0.39 is 58.6 Å². The monoisotopic (exact) mass is 446 g/mol. The molecular formula is C25H22N2O6. The molecule has 5 atom stereocenters. The van der Waals surface area contributed by atoms with Crippen LogP contribution in [-0.4, -0.2) is 39.1 Å². The molecule has 1 aromatic heterocycles. The topological polar surface area (TPSA) is 144 Å². The Morgan fingerprint density at radius 1 is 1.03 bits per heavy atom. The van der Waals surface area contributed by atoms with Crippen molar-refractivity contribution in [1.29, 1.82) is 0 Å². The Morgan fingerprint density at radius 3 is 2.45 bits per heavy atom. The number of fused-ring (bicyclic) bond motifs is 3. The van der Waals surface area contributed by atoms with Gasteiger partial charge in [0.05, 0.1) is 17.4 Å². The Kier molecular flexibility index (Phi) is 4.77. The summed E-state index contributed by atoms with van der Waals surface area (Å²) in [4.78, 5) is 68.1. The molecule has 5 unspecified atom stereocenters. The van der Waals surface area contributed by atoms with Crippen LogP contribution in [0.5, 0.6) is 5.75 Å². The fourth-order valence-electron chi connectivity index (χ4n) is 5.97. The summed E-state index contributed by atoms with van der Waals surface area (Å²) in [5.41, 5.74) is 8.42. The highest BCUT2D eigenvalue weighted by molar-refractivity contribution is 6.27. The summed E-state index contributed by atoms with van der Waals surface area (Å²) < 4.78 is 0. The van der Waals surface area contributed by atoms with E-state index in [0.717, 1.165) is 16.8 Å². The second kappa shape index (κ2) is 7.43. The average molecular weight is 446 g/mol. The van der Waals surface area contributed by atoms with E-state index in [1.165, 1.54) is 6.07 Å². The lowest BCUT2D eigenvalue weighted by molar-refractivity contribution is -0.152. The van der Waals surface area contributed by atoms with Crippen molar-refractivity contribution in [3.63, 3.8) is 0 Å². The number of nitrogens with zero attached hydrogens (tertiary/aromatic N) is 1. The van der Waals surface area contributed by atoms with Gasteiger partial charge in [-0.15, -0.1) is 0 Å². The number of primary amides is 1. The molecule has 8 heteroatoms. The molecule has 3 aliphatic carbocycles. The number of phenols is 1. The summed E-state index contributed by atoms with van der Waals surface area (Å²) in [5, 5.41) is 10.5. The number of pyridine rings is 1. The maximum atomic E-state index is 13.5. The van der Waals surface area contributed by atoms with Gasteiger partial charge in [-0.25, -0.2) is 0 Å². The number of carbonyl (C=O) groups excluding carboxylic acids is 5. The van der Waals surface area contributed by atoms with E-state index in [2.05, 4.69) is 4.98 Å². The van der Waals surface area contributed by atoms with Gasteiger partial charge in [0.2, 0.25) is 5.91 Å². The predicted molar refractivity (Wildman–Crippen MR) is 115 cm³/mol. The van der Waals surface area contributed by atoms with E-state index >= 15 is 0 Å². The van der Waals surface area contributed by atoms with E-state index in [4.69, 9.17) is 5.73 Å². The lowest BCUT2D eigenvalue weighted by Gasteiger charge is -2.44. The molecule has 2 saturated carbocycles. The van der Waals surface area contributed by atoms with Crippen LogP contribution in [-0.2, 0) is 25.6 Å². The Hall–Kier alpha value is -3.68. The summed E-state index contributed by atoms with van der Waals surface area (Å²) in [7, 11) is 0. The molecule has 3 aliphatic rings. The molecule has 33 heavy (non-hydrogen) atoms. The van der Waals surface area contributed by atoms with E-state index in [0.29, 0.717) is 18.4 Å². The van der Waals surface area contributed by atoms with Gasteiger partial charge in [0.15, 0.2) is 29.1 Å². The lowest BCUT2D eigenvalue weighted by atomic mass is 9.56. The molecule has 0 bridgehead atoms. The van der Waals surface area contributed by atoms with Crippen molar-refractivity contribution in [3.05, 3.63) is 47.3 Å². The van der Waals surface area contributed by atoms with Crippen molar-refractivity contribution in [2.45, 2.75) is 26.2 Å². The molecule has 168 valence electrons. The van der Waals surface area contributed by atoms with Crippen molar-refractivity contribution < 1.29 is 29.1 Å². The van der Waals surface area contributed by atoms with Crippen molar-refractivity contribution in [2.75, 3.05) is 0 Å². The zero-order chi connectivity index (χ0) is 23.6.